The van der Waals surface area contributed by atoms with Gasteiger partial charge in [-0.1, -0.05) is 11.6 Å². The summed E-state index contributed by atoms with van der Waals surface area (Å²) < 4.78 is 0.433. The van der Waals surface area contributed by atoms with Crippen LogP contribution in [0.25, 0.3) is 0 Å². The molecule has 0 heterocycles. The maximum Gasteiger partial charge on any atom is 0.154 e. The van der Waals surface area contributed by atoms with Crippen LogP contribution >= 0.6 is 27.5 Å². The zero-order chi connectivity index (χ0) is 9.30. The average Bonchev–Trinajstić information content (AvgIpc) is 2.02. The summed E-state index contributed by atoms with van der Waals surface area (Å²) in [4.78, 5) is 10.5. The topological polar surface area (TPSA) is 37.3 Å². The average molecular weight is 249 g/mol. The van der Waals surface area contributed by atoms with Gasteiger partial charge in [-0.15, -0.1) is 0 Å². The first-order valence-corrected chi connectivity index (χ1v) is 4.37. The van der Waals surface area contributed by atoms with E-state index in [9.17, 15) is 9.90 Å². The van der Waals surface area contributed by atoms with Gasteiger partial charge in [0.25, 0.3) is 0 Å². The van der Waals surface area contributed by atoms with Crippen LogP contribution in [-0.2, 0) is 0 Å². The van der Waals surface area contributed by atoms with E-state index < -0.39 is 0 Å². The van der Waals surface area contributed by atoms with Crippen LogP contribution in [0, 0.1) is 6.92 Å². The Morgan fingerprint density at radius 1 is 1.67 bits per heavy atom. The lowest BCUT2D eigenvalue weighted by Gasteiger charge is -2.05. The van der Waals surface area contributed by atoms with Gasteiger partial charge in [0.05, 0.1) is 15.1 Å². The fourth-order valence-corrected chi connectivity index (χ4v) is 1.54. The molecule has 0 aliphatic rings. The van der Waals surface area contributed by atoms with Crippen molar-refractivity contribution in [3.8, 4) is 5.75 Å². The monoisotopic (exact) mass is 248 g/mol. The highest BCUT2D eigenvalue weighted by Gasteiger charge is 2.11. The molecular formula is C8H6BrClO2. The van der Waals surface area contributed by atoms with Crippen molar-refractivity contribution in [1.82, 2.24) is 0 Å². The maximum absolute atomic E-state index is 10.5. The van der Waals surface area contributed by atoms with E-state index in [0.29, 0.717) is 21.3 Å². The largest absolute Gasteiger partial charge is 0.507 e. The van der Waals surface area contributed by atoms with Crippen LogP contribution in [0.3, 0.4) is 0 Å². The van der Waals surface area contributed by atoms with Crippen molar-refractivity contribution in [1.29, 1.82) is 0 Å². The molecule has 0 spiro atoms. The highest BCUT2D eigenvalue weighted by molar-refractivity contribution is 9.10. The summed E-state index contributed by atoms with van der Waals surface area (Å²) in [6, 6.07) is 1.59. The van der Waals surface area contributed by atoms with Crippen LogP contribution in [0.1, 0.15) is 15.9 Å². The molecule has 0 saturated heterocycles. The van der Waals surface area contributed by atoms with Crippen molar-refractivity contribution in [2.24, 2.45) is 0 Å². The van der Waals surface area contributed by atoms with Crippen molar-refractivity contribution < 1.29 is 9.90 Å². The van der Waals surface area contributed by atoms with Crippen molar-refractivity contribution >= 4 is 33.8 Å². The molecule has 1 rings (SSSR count). The lowest BCUT2D eigenvalue weighted by atomic mass is 10.1. The van der Waals surface area contributed by atoms with Gasteiger partial charge in [-0.25, -0.2) is 0 Å². The standard InChI is InChI=1S/C8H6BrClO2/c1-4-2-6(10)7(9)5(3-11)8(4)12/h2-3,12H,1H3. The second-order valence-electron chi connectivity index (χ2n) is 2.37. The maximum atomic E-state index is 10.5. The summed E-state index contributed by atoms with van der Waals surface area (Å²) in [7, 11) is 0. The van der Waals surface area contributed by atoms with Gasteiger partial charge in [0.2, 0.25) is 0 Å². The van der Waals surface area contributed by atoms with Gasteiger partial charge in [0, 0.05) is 0 Å². The van der Waals surface area contributed by atoms with Gasteiger partial charge >= 0.3 is 0 Å². The lowest BCUT2D eigenvalue weighted by molar-refractivity contribution is 0.112. The highest BCUT2D eigenvalue weighted by atomic mass is 79.9. The second-order valence-corrected chi connectivity index (χ2v) is 3.57. The number of aromatic hydroxyl groups is 1. The number of halogens is 2. The minimum atomic E-state index is -0.0266. The van der Waals surface area contributed by atoms with Gasteiger partial charge in [-0.3, -0.25) is 4.79 Å². The highest BCUT2D eigenvalue weighted by Crippen LogP contribution is 2.34. The number of phenols is 1. The Kier molecular flexibility index (Phi) is 2.75. The molecule has 0 aromatic heterocycles. The third-order valence-corrected chi connectivity index (χ3v) is 2.92. The van der Waals surface area contributed by atoms with E-state index in [1.54, 1.807) is 13.0 Å². The van der Waals surface area contributed by atoms with E-state index in [1.807, 2.05) is 0 Å². The Bertz CT molecular complexity index is 310. The van der Waals surface area contributed by atoms with Crippen molar-refractivity contribution in [2.75, 3.05) is 0 Å². The molecule has 0 fully saturated rings. The van der Waals surface area contributed by atoms with Crippen LogP contribution in [-0.4, -0.2) is 11.4 Å². The quantitative estimate of drug-likeness (QED) is 0.777. The van der Waals surface area contributed by atoms with E-state index in [-0.39, 0.29) is 11.3 Å². The van der Waals surface area contributed by atoms with Crippen molar-refractivity contribution in [3.05, 3.63) is 26.7 Å². The molecule has 0 amide bonds. The molecule has 0 bridgehead atoms. The van der Waals surface area contributed by atoms with Crippen LogP contribution < -0.4 is 0 Å². The zero-order valence-electron chi connectivity index (χ0n) is 6.27. The van der Waals surface area contributed by atoms with Crippen molar-refractivity contribution in [3.63, 3.8) is 0 Å². The molecule has 1 N–H and O–H groups in total. The molecule has 0 atom stereocenters. The summed E-state index contributed by atoms with van der Waals surface area (Å²) in [6.45, 7) is 1.68. The normalized spacial score (nSPS) is 9.92. The van der Waals surface area contributed by atoms with E-state index in [4.69, 9.17) is 11.6 Å². The van der Waals surface area contributed by atoms with Gasteiger partial charge in [0.15, 0.2) is 6.29 Å². The van der Waals surface area contributed by atoms with E-state index in [2.05, 4.69) is 15.9 Å². The Balaban J connectivity index is 3.52. The SMILES string of the molecule is Cc1cc(Cl)c(Br)c(C=O)c1O. The number of hydrogen-bond acceptors (Lipinski definition) is 2. The molecule has 0 unspecified atom stereocenters. The fourth-order valence-electron chi connectivity index (χ4n) is 0.874. The first-order valence-electron chi connectivity index (χ1n) is 3.20. The summed E-state index contributed by atoms with van der Waals surface area (Å²) in [5, 5.41) is 9.81. The molecule has 2 nitrogen and oxygen atoms in total. The molecule has 0 aliphatic carbocycles. The first-order chi connectivity index (χ1) is 5.57. The van der Waals surface area contributed by atoms with Gasteiger partial charge in [-0.2, -0.15) is 0 Å². The fraction of sp³-hybridized carbons (Fsp3) is 0.125. The molecule has 0 radical (unpaired) electrons. The number of hydrogen-bond donors (Lipinski definition) is 1. The third kappa shape index (κ3) is 1.47. The number of carbonyl (C=O) groups excluding carboxylic acids is 1. The summed E-state index contributed by atoms with van der Waals surface area (Å²) >= 11 is 8.86. The molecule has 64 valence electrons. The molecule has 0 saturated carbocycles. The number of phenolic OH excluding ortho intramolecular Hbond substituents is 1. The van der Waals surface area contributed by atoms with Crippen LogP contribution in [0.5, 0.6) is 5.75 Å². The molecular weight excluding hydrogens is 243 g/mol. The van der Waals surface area contributed by atoms with Crippen LogP contribution in [0.4, 0.5) is 0 Å². The Hall–Kier alpha value is -0.540. The van der Waals surface area contributed by atoms with E-state index in [1.165, 1.54) is 0 Å². The lowest BCUT2D eigenvalue weighted by Crippen LogP contribution is -1.88. The molecule has 4 heteroatoms. The first kappa shape index (κ1) is 9.55. The number of carbonyl (C=O) groups is 1. The van der Waals surface area contributed by atoms with Gasteiger partial charge < -0.3 is 5.11 Å². The van der Waals surface area contributed by atoms with E-state index >= 15 is 0 Å². The predicted molar refractivity (Wildman–Crippen MR) is 50.9 cm³/mol. The second kappa shape index (κ2) is 3.46. The zero-order valence-corrected chi connectivity index (χ0v) is 8.61. The predicted octanol–water partition coefficient (Wildman–Crippen LogP) is 2.93. The Morgan fingerprint density at radius 2 is 2.25 bits per heavy atom. The molecule has 1 aromatic carbocycles. The number of benzene rings is 1. The summed E-state index contributed by atoms with van der Waals surface area (Å²) in [5.41, 5.74) is 0.783. The minimum Gasteiger partial charge on any atom is -0.507 e. The third-order valence-electron chi connectivity index (χ3n) is 1.54. The number of aldehydes is 1. The Labute approximate surface area is 83.3 Å². The molecule has 1 aromatic rings. The molecule has 12 heavy (non-hydrogen) atoms. The number of aryl methyl sites for hydroxylation is 1. The van der Waals surface area contributed by atoms with Crippen LogP contribution in [0.2, 0.25) is 5.02 Å². The number of rotatable bonds is 1. The van der Waals surface area contributed by atoms with Crippen molar-refractivity contribution in [2.45, 2.75) is 6.92 Å². The minimum absolute atomic E-state index is 0.0266. The summed E-state index contributed by atoms with van der Waals surface area (Å²) in [5.74, 6) is -0.0266. The van der Waals surface area contributed by atoms with Gasteiger partial charge in [0.1, 0.15) is 5.75 Å². The smallest absolute Gasteiger partial charge is 0.154 e. The van der Waals surface area contributed by atoms with Gasteiger partial charge in [-0.05, 0) is 34.5 Å². The Morgan fingerprint density at radius 3 is 2.75 bits per heavy atom. The molecule has 0 aliphatic heterocycles. The van der Waals surface area contributed by atoms with Crippen LogP contribution in [0.15, 0.2) is 10.5 Å². The summed E-state index contributed by atoms with van der Waals surface area (Å²) in [6.07, 6.45) is 0.568. The van der Waals surface area contributed by atoms with E-state index in [0.717, 1.165) is 0 Å².